The van der Waals surface area contributed by atoms with Gasteiger partial charge in [-0.2, -0.15) is 13.2 Å². The summed E-state index contributed by atoms with van der Waals surface area (Å²) < 4.78 is 101. The quantitative estimate of drug-likeness (QED) is 0.239. The number of carbonyl (C=O) groups is 2. The lowest BCUT2D eigenvalue weighted by atomic mass is 10.1. The third kappa shape index (κ3) is 6.69. The summed E-state index contributed by atoms with van der Waals surface area (Å²) in [5, 5.41) is 3.66. The highest BCUT2D eigenvalue weighted by Gasteiger charge is 2.69. The van der Waals surface area contributed by atoms with Gasteiger partial charge in [0, 0.05) is 16.1 Å². The summed E-state index contributed by atoms with van der Waals surface area (Å²) in [5.74, 6) is -4.87. The predicted octanol–water partition coefficient (Wildman–Crippen LogP) is 8.58. The Labute approximate surface area is 221 Å². The van der Waals surface area contributed by atoms with E-state index >= 15 is 0 Å². The van der Waals surface area contributed by atoms with E-state index in [1.54, 1.807) is 5.32 Å². The van der Waals surface area contributed by atoms with Crippen molar-refractivity contribution >= 4 is 78.5 Å². The standard InChI is InChI=1S/C19H12BrCl3F8N2O2S/c20-9-3-8(4-11(5-9)36(27,28,29,30)31)14-15(19(14,22)23)17(35)33-10-1-2-13(21)12(6-10)16(34)32-7-18(24,25)26/h1-6,14-15H,7H2,(H,32,34)(H,33,35)/t14-,15-/m1/s1. The fraction of sp³-hybridized carbons (Fsp3) is 0.263. The first-order valence-corrected chi connectivity index (χ1v) is 13.3. The second kappa shape index (κ2) is 8.52. The Bertz CT molecular complexity index is 1260. The lowest BCUT2D eigenvalue weighted by molar-refractivity contribution is -0.123. The summed E-state index contributed by atoms with van der Waals surface area (Å²) in [4.78, 5) is 22.6. The van der Waals surface area contributed by atoms with Crippen LogP contribution in [0.15, 0.2) is 45.8 Å². The first-order chi connectivity index (χ1) is 16.0. The molecule has 0 radical (unpaired) electrons. The first kappa shape index (κ1) is 29.1. The normalized spacial score (nSPS) is 21.2. The van der Waals surface area contributed by atoms with Crippen LogP contribution in [0.25, 0.3) is 0 Å². The van der Waals surface area contributed by atoms with Gasteiger partial charge in [0.2, 0.25) is 5.91 Å². The maximum absolute atomic E-state index is 13.3. The van der Waals surface area contributed by atoms with Gasteiger partial charge in [0.05, 0.1) is 16.5 Å². The third-order valence-electron chi connectivity index (χ3n) is 4.96. The summed E-state index contributed by atoms with van der Waals surface area (Å²) >= 11 is 20.7. The van der Waals surface area contributed by atoms with Gasteiger partial charge < -0.3 is 10.6 Å². The number of hydrogen-bond acceptors (Lipinski definition) is 2. The molecule has 3 rings (SSSR count). The third-order valence-corrected chi connectivity index (χ3v) is 7.82. The van der Waals surface area contributed by atoms with Crippen LogP contribution < -0.4 is 10.6 Å². The van der Waals surface area contributed by atoms with Crippen LogP contribution in [0.3, 0.4) is 0 Å². The van der Waals surface area contributed by atoms with Gasteiger partial charge in [-0.25, -0.2) is 0 Å². The number of nitrogens with one attached hydrogen (secondary N) is 2. The van der Waals surface area contributed by atoms with Gasteiger partial charge in [0.15, 0.2) is 0 Å². The molecule has 200 valence electrons. The molecule has 0 bridgehead atoms. The maximum Gasteiger partial charge on any atom is 0.405 e. The number of hydrogen-bond donors (Lipinski definition) is 2. The van der Waals surface area contributed by atoms with Crippen molar-refractivity contribution < 1.29 is 42.2 Å². The van der Waals surface area contributed by atoms with Crippen LogP contribution in [-0.4, -0.2) is 28.9 Å². The number of alkyl halides is 5. The van der Waals surface area contributed by atoms with Crippen LogP contribution in [0.4, 0.5) is 38.3 Å². The Morgan fingerprint density at radius 1 is 1.03 bits per heavy atom. The molecule has 0 heterocycles. The minimum absolute atomic E-state index is 0.127. The highest BCUT2D eigenvalue weighted by atomic mass is 79.9. The molecule has 2 amide bonds. The molecule has 2 N–H and O–H groups in total. The maximum atomic E-state index is 13.3. The van der Waals surface area contributed by atoms with Crippen molar-refractivity contribution in [3.63, 3.8) is 0 Å². The van der Waals surface area contributed by atoms with Gasteiger partial charge in [-0.3, -0.25) is 9.59 Å². The molecule has 1 fully saturated rings. The molecular formula is C19H12BrCl3F8N2O2S. The second-order valence-corrected chi connectivity index (χ2v) is 13.0. The lowest BCUT2D eigenvalue weighted by Gasteiger charge is -2.40. The van der Waals surface area contributed by atoms with Crippen molar-refractivity contribution in [1.29, 1.82) is 0 Å². The van der Waals surface area contributed by atoms with Crippen molar-refractivity contribution in [1.82, 2.24) is 5.32 Å². The largest absolute Gasteiger partial charge is 0.405 e. The lowest BCUT2D eigenvalue weighted by Crippen LogP contribution is -2.33. The number of carbonyl (C=O) groups excluding carboxylic acids is 2. The van der Waals surface area contributed by atoms with Crippen LogP contribution >= 0.6 is 61.0 Å². The SMILES string of the molecule is O=C(NCC(F)(F)F)c1cc(NC(=O)[C@H]2[C@@H](c3cc(Br)cc(S(F)(F)(F)(F)F)c3)C2(Cl)Cl)ccc1Cl. The average Bonchev–Trinajstić information content (AvgIpc) is 3.27. The van der Waals surface area contributed by atoms with E-state index in [0.29, 0.717) is 0 Å². The summed E-state index contributed by atoms with van der Waals surface area (Å²) in [7, 11) is -10.1. The number of benzene rings is 2. The average molecular weight is 671 g/mol. The molecule has 2 aromatic rings. The highest BCUT2D eigenvalue weighted by Crippen LogP contribution is 3.02. The number of halogens is 12. The highest BCUT2D eigenvalue weighted by molar-refractivity contribution is 9.10. The van der Waals surface area contributed by atoms with E-state index in [2.05, 4.69) is 21.2 Å². The zero-order chi connectivity index (χ0) is 27.5. The first-order valence-electron chi connectivity index (χ1n) is 9.37. The minimum Gasteiger partial charge on any atom is -0.343 e. The Hall–Kier alpha value is -1.48. The van der Waals surface area contributed by atoms with Crippen LogP contribution in [0.1, 0.15) is 21.8 Å². The van der Waals surface area contributed by atoms with Crippen LogP contribution in [0.5, 0.6) is 0 Å². The van der Waals surface area contributed by atoms with Crippen molar-refractivity contribution in [3.8, 4) is 0 Å². The topological polar surface area (TPSA) is 58.2 Å². The van der Waals surface area contributed by atoms with E-state index < -0.39 is 61.4 Å². The van der Waals surface area contributed by atoms with Gasteiger partial charge in [0.1, 0.15) is 15.8 Å². The molecule has 1 saturated carbocycles. The fourth-order valence-corrected chi connectivity index (χ4v) is 5.73. The molecule has 1 aliphatic rings. The Kier molecular flexibility index (Phi) is 6.88. The molecule has 0 aliphatic heterocycles. The van der Waals surface area contributed by atoms with Gasteiger partial charge >= 0.3 is 16.4 Å². The van der Waals surface area contributed by atoms with Crippen molar-refractivity contribution in [2.75, 3.05) is 11.9 Å². The van der Waals surface area contributed by atoms with Crippen molar-refractivity contribution in [2.24, 2.45) is 5.92 Å². The van der Waals surface area contributed by atoms with E-state index in [-0.39, 0.29) is 32.9 Å². The molecule has 0 saturated heterocycles. The summed E-state index contributed by atoms with van der Waals surface area (Å²) in [6.45, 7) is -1.64. The summed E-state index contributed by atoms with van der Waals surface area (Å²) in [5.41, 5.74) is -0.930. The van der Waals surface area contributed by atoms with Gasteiger partial charge in [-0.05, 0) is 42.0 Å². The van der Waals surface area contributed by atoms with E-state index in [1.165, 1.54) is 6.07 Å². The van der Waals surface area contributed by atoms with E-state index in [4.69, 9.17) is 34.8 Å². The van der Waals surface area contributed by atoms with E-state index in [1.807, 2.05) is 0 Å². The number of rotatable bonds is 6. The number of anilines is 1. The minimum atomic E-state index is -10.1. The van der Waals surface area contributed by atoms with E-state index in [9.17, 15) is 42.2 Å². The van der Waals surface area contributed by atoms with Crippen molar-refractivity contribution in [3.05, 3.63) is 57.0 Å². The van der Waals surface area contributed by atoms with Gasteiger partial charge in [-0.1, -0.05) is 47.0 Å². The monoisotopic (exact) mass is 668 g/mol. The predicted molar refractivity (Wildman–Crippen MR) is 125 cm³/mol. The molecule has 0 aromatic heterocycles. The molecule has 0 spiro atoms. The van der Waals surface area contributed by atoms with E-state index in [0.717, 1.165) is 18.2 Å². The zero-order valence-corrected chi connectivity index (χ0v) is 21.8. The summed E-state index contributed by atoms with van der Waals surface area (Å²) in [6.07, 6.45) is -4.69. The molecule has 2 aromatic carbocycles. The van der Waals surface area contributed by atoms with Crippen LogP contribution in [0.2, 0.25) is 5.02 Å². The molecule has 36 heavy (non-hydrogen) atoms. The Morgan fingerprint density at radius 2 is 1.64 bits per heavy atom. The van der Waals surface area contributed by atoms with Crippen molar-refractivity contribution in [2.45, 2.75) is 21.3 Å². The Morgan fingerprint density at radius 3 is 2.19 bits per heavy atom. The molecule has 1 aliphatic carbocycles. The molecular weight excluding hydrogens is 659 g/mol. The van der Waals surface area contributed by atoms with Crippen LogP contribution in [-0.2, 0) is 4.79 Å². The molecule has 0 unspecified atom stereocenters. The molecule has 2 atom stereocenters. The zero-order valence-electron chi connectivity index (χ0n) is 17.1. The smallest absolute Gasteiger partial charge is 0.343 e. The second-order valence-electron chi connectivity index (χ2n) is 7.80. The van der Waals surface area contributed by atoms with Gasteiger partial charge in [0.25, 0.3) is 5.91 Å². The molecule has 4 nitrogen and oxygen atoms in total. The summed E-state index contributed by atoms with van der Waals surface area (Å²) in [6, 6.07) is 4.65. The van der Waals surface area contributed by atoms with Gasteiger partial charge in [-0.15, -0.1) is 23.2 Å². The molecule has 17 heteroatoms. The van der Waals surface area contributed by atoms with Crippen LogP contribution in [0, 0.1) is 5.92 Å². The Balaban J connectivity index is 1.84. The fourth-order valence-electron chi connectivity index (χ4n) is 3.33. The number of amides is 2.